The first kappa shape index (κ1) is 19.7. The average Bonchev–Trinajstić information content (AvgIpc) is 2.99. The fourth-order valence-electron chi connectivity index (χ4n) is 4.56. The van der Waals surface area contributed by atoms with Crippen molar-refractivity contribution in [1.29, 1.82) is 0 Å². The summed E-state index contributed by atoms with van der Waals surface area (Å²) in [6, 6.07) is 9.34. The minimum absolute atomic E-state index is 0.0792. The highest BCUT2D eigenvalue weighted by Crippen LogP contribution is 2.36. The van der Waals surface area contributed by atoms with Gasteiger partial charge in [0.15, 0.2) is 0 Å². The molecule has 2 aliphatic rings. The SMILES string of the molecule is COc1ccc(CC(=O)N2C3CCC2CC(NC(=O)c2ccncc2)C3)cc1Cl. The predicted molar refractivity (Wildman–Crippen MR) is 110 cm³/mol. The first-order chi connectivity index (χ1) is 14.0. The number of nitrogens with zero attached hydrogens (tertiary/aromatic N) is 2. The molecular weight excluding hydrogens is 390 g/mol. The van der Waals surface area contributed by atoms with Gasteiger partial charge in [-0.25, -0.2) is 0 Å². The van der Waals surface area contributed by atoms with E-state index in [2.05, 4.69) is 10.3 Å². The van der Waals surface area contributed by atoms with Crippen LogP contribution in [-0.4, -0.2) is 46.9 Å². The zero-order chi connectivity index (χ0) is 20.4. The van der Waals surface area contributed by atoms with E-state index in [4.69, 9.17) is 16.3 Å². The van der Waals surface area contributed by atoms with Crippen molar-refractivity contribution >= 4 is 23.4 Å². The third-order valence-electron chi connectivity index (χ3n) is 5.87. The van der Waals surface area contributed by atoms with E-state index >= 15 is 0 Å². The summed E-state index contributed by atoms with van der Waals surface area (Å²) in [5.41, 5.74) is 1.50. The molecule has 2 fully saturated rings. The van der Waals surface area contributed by atoms with Gasteiger partial charge in [0.2, 0.25) is 5.91 Å². The van der Waals surface area contributed by atoms with Crippen LogP contribution in [0.4, 0.5) is 0 Å². The lowest BCUT2D eigenvalue weighted by molar-refractivity contribution is -0.135. The highest BCUT2D eigenvalue weighted by atomic mass is 35.5. The van der Waals surface area contributed by atoms with Crippen LogP contribution in [0.3, 0.4) is 0 Å². The van der Waals surface area contributed by atoms with E-state index in [0.717, 1.165) is 31.2 Å². The molecule has 0 radical (unpaired) electrons. The Labute approximate surface area is 175 Å². The second kappa shape index (κ2) is 8.41. The maximum absolute atomic E-state index is 13.0. The van der Waals surface area contributed by atoms with Crippen LogP contribution >= 0.6 is 11.6 Å². The lowest BCUT2D eigenvalue weighted by Gasteiger charge is -2.39. The number of methoxy groups -OCH3 is 1. The largest absolute Gasteiger partial charge is 0.495 e. The van der Waals surface area contributed by atoms with Gasteiger partial charge < -0.3 is 15.0 Å². The summed E-state index contributed by atoms with van der Waals surface area (Å²) in [6.07, 6.45) is 7.12. The molecule has 1 aromatic carbocycles. The van der Waals surface area contributed by atoms with Crippen LogP contribution < -0.4 is 10.1 Å². The van der Waals surface area contributed by atoms with Gasteiger partial charge >= 0.3 is 0 Å². The minimum atomic E-state index is -0.0792. The number of amides is 2. The monoisotopic (exact) mass is 413 g/mol. The molecule has 2 aliphatic heterocycles. The Morgan fingerprint density at radius 1 is 1.17 bits per heavy atom. The Kier molecular flexibility index (Phi) is 5.72. The molecule has 152 valence electrons. The number of fused-ring (bicyclic) bond motifs is 2. The number of hydrogen-bond acceptors (Lipinski definition) is 4. The summed E-state index contributed by atoms with van der Waals surface area (Å²) in [5, 5.41) is 3.64. The van der Waals surface area contributed by atoms with E-state index in [-0.39, 0.29) is 29.9 Å². The number of pyridine rings is 1. The zero-order valence-corrected chi connectivity index (χ0v) is 17.1. The standard InChI is InChI=1S/C22H24ClN3O3/c1-29-20-5-2-14(10-19(20)23)11-21(27)26-17-3-4-18(26)13-16(12-17)25-22(28)15-6-8-24-9-7-15/h2,5-10,16-18H,3-4,11-13H2,1H3,(H,25,28). The molecule has 0 spiro atoms. The van der Waals surface area contributed by atoms with Gasteiger partial charge in [-0.15, -0.1) is 0 Å². The smallest absolute Gasteiger partial charge is 0.251 e. The first-order valence-corrected chi connectivity index (χ1v) is 10.3. The topological polar surface area (TPSA) is 71.5 Å². The molecular formula is C22H24ClN3O3. The number of halogens is 1. The van der Waals surface area contributed by atoms with Crippen LogP contribution in [0.2, 0.25) is 5.02 Å². The molecule has 2 unspecified atom stereocenters. The number of carbonyl (C=O) groups excluding carboxylic acids is 2. The van der Waals surface area contributed by atoms with Crippen molar-refractivity contribution in [3.8, 4) is 5.75 Å². The second-order valence-corrected chi connectivity index (χ2v) is 8.12. The fraction of sp³-hybridized carbons (Fsp3) is 0.409. The van der Waals surface area contributed by atoms with Gasteiger partial charge in [0.25, 0.3) is 5.91 Å². The summed E-state index contributed by atoms with van der Waals surface area (Å²) in [4.78, 5) is 31.4. The molecule has 3 heterocycles. The van der Waals surface area contributed by atoms with Crippen molar-refractivity contribution in [2.24, 2.45) is 0 Å². The van der Waals surface area contributed by atoms with Gasteiger partial charge in [0, 0.05) is 36.1 Å². The van der Waals surface area contributed by atoms with Gasteiger partial charge in [-0.1, -0.05) is 17.7 Å². The van der Waals surface area contributed by atoms with Crippen molar-refractivity contribution in [2.45, 2.75) is 50.2 Å². The van der Waals surface area contributed by atoms with Crippen molar-refractivity contribution in [2.75, 3.05) is 7.11 Å². The van der Waals surface area contributed by atoms with Crippen molar-refractivity contribution in [1.82, 2.24) is 15.2 Å². The van der Waals surface area contributed by atoms with Crippen LogP contribution in [-0.2, 0) is 11.2 Å². The van der Waals surface area contributed by atoms with E-state index in [9.17, 15) is 9.59 Å². The molecule has 4 rings (SSSR count). The van der Waals surface area contributed by atoms with Crippen LogP contribution in [0.1, 0.15) is 41.6 Å². The van der Waals surface area contributed by atoms with E-state index in [1.807, 2.05) is 11.0 Å². The van der Waals surface area contributed by atoms with Crippen LogP contribution in [0.5, 0.6) is 5.75 Å². The number of hydrogen-bond donors (Lipinski definition) is 1. The number of nitrogens with one attached hydrogen (secondary N) is 1. The Morgan fingerprint density at radius 3 is 2.48 bits per heavy atom. The zero-order valence-electron chi connectivity index (χ0n) is 16.3. The minimum Gasteiger partial charge on any atom is -0.495 e. The van der Waals surface area contributed by atoms with E-state index in [0.29, 0.717) is 22.8 Å². The summed E-state index contributed by atoms with van der Waals surface area (Å²) in [7, 11) is 1.57. The summed E-state index contributed by atoms with van der Waals surface area (Å²) in [6.45, 7) is 0. The highest BCUT2D eigenvalue weighted by Gasteiger charge is 2.43. The summed E-state index contributed by atoms with van der Waals surface area (Å²) >= 11 is 6.19. The van der Waals surface area contributed by atoms with Gasteiger partial charge in [0.05, 0.1) is 18.6 Å². The Morgan fingerprint density at radius 2 is 1.86 bits per heavy atom. The highest BCUT2D eigenvalue weighted by molar-refractivity contribution is 6.32. The number of carbonyl (C=O) groups is 2. The summed E-state index contributed by atoms with van der Waals surface area (Å²) in [5.74, 6) is 0.649. The van der Waals surface area contributed by atoms with Gasteiger partial charge in [-0.2, -0.15) is 0 Å². The number of piperidine rings is 1. The molecule has 0 saturated carbocycles. The third-order valence-corrected chi connectivity index (χ3v) is 6.17. The molecule has 2 atom stereocenters. The van der Waals surface area contributed by atoms with Crippen molar-refractivity contribution in [3.05, 3.63) is 58.9 Å². The molecule has 0 aliphatic carbocycles. The molecule has 2 aromatic rings. The number of benzene rings is 1. The lowest BCUT2D eigenvalue weighted by Crippen LogP contribution is -2.52. The maximum Gasteiger partial charge on any atom is 0.251 e. The Hall–Kier alpha value is -2.60. The lowest BCUT2D eigenvalue weighted by atomic mass is 9.96. The van der Waals surface area contributed by atoms with Crippen molar-refractivity contribution in [3.63, 3.8) is 0 Å². The maximum atomic E-state index is 13.0. The van der Waals surface area contributed by atoms with Crippen molar-refractivity contribution < 1.29 is 14.3 Å². The van der Waals surface area contributed by atoms with Crippen LogP contribution in [0.25, 0.3) is 0 Å². The average molecular weight is 414 g/mol. The molecule has 2 saturated heterocycles. The molecule has 2 bridgehead atoms. The number of ether oxygens (including phenoxy) is 1. The van der Waals surface area contributed by atoms with Crippen LogP contribution in [0.15, 0.2) is 42.7 Å². The Bertz CT molecular complexity index is 891. The quantitative estimate of drug-likeness (QED) is 0.816. The third kappa shape index (κ3) is 4.22. The normalized spacial score (nSPS) is 23.0. The van der Waals surface area contributed by atoms with E-state index < -0.39 is 0 Å². The Balaban J connectivity index is 1.38. The fourth-order valence-corrected chi connectivity index (χ4v) is 4.84. The molecule has 2 amide bonds. The molecule has 1 aromatic heterocycles. The van der Waals surface area contributed by atoms with Gasteiger partial charge in [0.1, 0.15) is 5.75 Å². The van der Waals surface area contributed by atoms with Gasteiger partial charge in [-0.3, -0.25) is 14.6 Å². The second-order valence-electron chi connectivity index (χ2n) is 7.71. The molecule has 29 heavy (non-hydrogen) atoms. The number of rotatable bonds is 5. The number of aromatic nitrogens is 1. The summed E-state index contributed by atoms with van der Waals surface area (Å²) < 4.78 is 5.18. The molecule has 7 heteroatoms. The van der Waals surface area contributed by atoms with Crippen LogP contribution in [0, 0.1) is 0 Å². The van der Waals surface area contributed by atoms with E-state index in [1.165, 1.54) is 0 Å². The van der Waals surface area contributed by atoms with Gasteiger partial charge in [-0.05, 0) is 55.5 Å². The first-order valence-electron chi connectivity index (χ1n) is 9.89. The predicted octanol–water partition coefficient (Wildman–Crippen LogP) is 3.24. The molecule has 1 N–H and O–H groups in total. The molecule has 6 nitrogen and oxygen atoms in total. The van der Waals surface area contributed by atoms with E-state index in [1.54, 1.807) is 43.8 Å².